The van der Waals surface area contributed by atoms with Crippen molar-refractivity contribution in [2.75, 3.05) is 0 Å². The summed E-state index contributed by atoms with van der Waals surface area (Å²) in [6, 6.07) is 69.5. The van der Waals surface area contributed by atoms with Gasteiger partial charge in [-0.25, -0.2) is 15.0 Å². The van der Waals surface area contributed by atoms with Crippen LogP contribution in [0.5, 0.6) is 0 Å². The molecule has 0 aliphatic carbocycles. The molecule has 260 valence electrons. The zero-order valence-corrected chi connectivity index (χ0v) is 30.3. The van der Waals surface area contributed by atoms with E-state index in [1.54, 1.807) is 0 Å². The molecule has 0 saturated heterocycles. The van der Waals surface area contributed by atoms with Gasteiger partial charge in [-0.2, -0.15) is 5.26 Å². The van der Waals surface area contributed by atoms with Crippen molar-refractivity contribution in [3.63, 3.8) is 0 Å². The Kier molecular flexibility index (Phi) is 8.17. The van der Waals surface area contributed by atoms with Crippen LogP contribution in [0.4, 0.5) is 0 Å². The third kappa shape index (κ3) is 6.04. The summed E-state index contributed by atoms with van der Waals surface area (Å²) in [5.41, 5.74) is 9.97. The summed E-state index contributed by atoms with van der Waals surface area (Å²) in [5, 5.41) is 16.7. The molecule has 56 heavy (non-hydrogen) atoms. The van der Waals surface area contributed by atoms with Crippen molar-refractivity contribution >= 4 is 32.3 Å². The van der Waals surface area contributed by atoms with Crippen molar-refractivity contribution in [1.82, 2.24) is 15.0 Å². The summed E-state index contributed by atoms with van der Waals surface area (Å²) in [6.45, 7) is 0. The normalized spacial score (nSPS) is 11.2. The molecule has 9 aromatic carbocycles. The molecular weight excluding hydrogens is 681 g/mol. The molecule has 0 radical (unpaired) electrons. The minimum atomic E-state index is 0.587. The molecule has 10 aromatic rings. The van der Waals surface area contributed by atoms with Gasteiger partial charge in [0.2, 0.25) is 0 Å². The Balaban J connectivity index is 1.10. The predicted octanol–water partition coefficient (Wildman–Crippen LogP) is 13.2. The lowest BCUT2D eigenvalue weighted by Gasteiger charge is -2.14. The zero-order chi connectivity index (χ0) is 37.4. The predicted molar refractivity (Wildman–Crippen MR) is 230 cm³/mol. The van der Waals surface area contributed by atoms with Crippen LogP contribution in [-0.2, 0) is 0 Å². The van der Waals surface area contributed by atoms with Crippen molar-refractivity contribution in [3.05, 3.63) is 200 Å². The second-order valence-corrected chi connectivity index (χ2v) is 14.0. The smallest absolute Gasteiger partial charge is 0.164 e. The van der Waals surface area contributed by atoms with E-state index in [0.29, 0.717) is 23.0 Å². The highest BCUT2D eigenvalue weighted by Crippen LogP contribution is 2.40. The maximum Gasteiger partial charge on any atom is 0.164 e. The highest BCUT2D eigenvalue weighted by atomic mass is 15.0. The third-order valence-corrected chi connectivity index (χ3v) is 10.6. The van der Waals surface area contributed by atoms with Gasteiger partial charge in [-0.1, -0.05) is 170 Å². The van der Waals surface area contributed by atoms with Gasteiger partial charge in [-0.15, -0.1) is 0 Å². The number of nitriles is 1. The van der Waals surface area contributed by atoms with E-state index >= 15 is 0 Å². The molecule has 0 saturated carbocycles. The Morgan fingerprint density at radius 1 is 0.304 bits per heavy atom. The molecule has 4 nitrogen and oxygen atoms in total. The number of fused-ring (bicyclic) bond motifs is 4. The van der Waals surface area contributed by atoms with Crippen LogP contribution in [0, 0.1) is 11.3 Å². The van der Waals surface area contributed by atoms with Crippen molar-refractivity contribution in [1.29, 1.82) is 5.26 Å². The van der Waals surface area contributed by atoms with E-state index in [4.69, 9.17) is 15.0 Å². The number of hydrogen-bond donors (Lipinski definition) is 0. The summed E-state index contributed by atoms with van der Waals surface area (Å²) < 4.78 is 0. The molecular formula is C52H32N4. The Morgan fingerprint density at radius 3 is 1.50 bits per heavy atom. The maximum atomic E-state index is 9.32. The number of rotatable bonds is 6. The third-order valence-electron chi connectivity index (χ3n) is 10.6. The van der Waals surface area contributed by atoms with E-state index in [1.165, 1.54) is 37.9 Å². The molecule has 0 fully saturated rings. The van der Waals surface area contributed by atoms with E-state index in [0.717, 1.165) is 44.5 Å². The average molecular weight is 713 g/mol. The second kappa shape index (κ2) is 13.9. The lowest BCUT2D eigenvalue weighted by Crippen LogP contribution is -2.00. The lowest BCUT2D eigenvalue weighted by molar-refractivity contribution is 1.07. The van der Waals surface area contributed by atoms with Crippen molar-refractivity contribution in [2.45, 2.75) is 0 Å². The second-order valence-electron chi connectivity index (χ2n) is 14.0. The van der Waals surface area contributed by atoms with Crippen LogP contribution in [0.15, 0.2) is 194 Å². The first-order valence-electron chi connectivity index (χ1n) is 18.7. The SMILES string of the molecule is N#Cc1ccc(-c2cccc(-c3nc(-c4ccc(-c5ccccc5)cc4)nc(-c4ccc(-c5c6ccccc6cc6c5ccc5ccccc56)cc4)n3)c2)cc1. The highest BCUT2D eigenvalue weighted by molar-refractivity contribution is 6.20. The van der Waals surface area contributed by atoms with Crippen LogP contribution >= 0.6 is 0 Å². The van der Waals surface area contributed by atoms with Gasteiger partial charge in [-0.05, 0) is 90.0 Å². The quantitative estimate of drug-likeness (QED) is 0.127. The first-order chi connectivity index (χ1) is 27.7. The van der Waals surface area contributed by atoms with Gasteiger partial charge in [0.25, 0.3) is 0 Å². The Morgan fingerprint density at radius 2 is 0.804 bits per heavy atom. The van der Waals surface area contributed by atoms with Crippen LogP contribution in [0.25, 0.3) is 99.9 Å². The Hall–Kier alpha value is -7.74. The van der Waals surface area contributed by atoms with Crippen LogP contribution < -0.4 is 0 Å². The Labute approximate surface area is 324 Å². The minimum absolute atomic E-state index is 0.587. The summed E-state index contributed by atoms with van der Waals surface area (Å²) >= 11 is 0. The molecule has 0 amide bonds. The number of aromatic nitrogens is 3. The molecule has 0 spiro atoms. The van der Waals surface area contributed by atoms with Crippen molar-refractivity contribution < 1.29 is 0 Å². The van der Waals surface area contributed by atoms with E-state index in [2.05, 4.69) is 158 Å². The van der Waals surface area contributed by atoms with Gasteiger partial charge in [-0.3, -0.25) is 0 Å². The van der Waals surface area contributed by atoms with Gasteiger partial charge < -0.3 is 0 Å². The summed E-state index contributed by atoms with van der Waals surface area (Å²) in [7, 11) is 0. The van der Waals surface area contributed by atoms with Gasteiger partial charge in [0, 0.05) is 16.7 Å². The van der Waals surface area contributed by atoms with Gasteiger partial charge >= 0.3 is 0 Å². The van der Waals surface area contributed by atoms with Crippen molar-refractivity contribution in [2.24, 2.45) is 0 Å². The number of benzene rings is 9. The Bertz CT molecular complexity index is 3110. The average Bonchev–Trinajstić information content (AvgIpc) is 3.28. The molecule has 1 heterocycles. The van der Waals surface area contributed by atoms with Crippen LogP contribution in [-0.4, -0.2) is 15.0 Å². The first kappa shape index (κ1) is 32.9. The minimum Gasteiger partial charge on any atom is -0.208 e. The molecule has 0 N–H and O–H groups in total. The molecule has 0 aliphatic rings. The van der Waals surface area contributed by atoms with E-state index in [1.807, 2.05) is 42.5 Å². The van der Waals surface area contributed by atoms with Gasteiger partial charge in [0.1, 0.15) is 0 Å². The van der Waals surface area contributed by atoms with Gasteiger partial charge in [0.05, 0.1) is 11.6 Å². The molecule has 4 heteroatoms. The largest absolute Gasteiger partial charge is 0.208 e. The van der Waals surface area contributed by atoms with Gasteiger partial charge in [0.15, 0.2) is 17.5 Å². The van der Waals surface area contributed by atoms with Crippen molar-refractivity contribution in [3.8, 4) is 73.6 Å². The molecule has 0 aliphatic heterocycles. The van der Waals surface area contributed by atoms with Crippen LogP contribution in [0.2, 0.25) is 0 Å². The fraction of sp³-hybridized carbons (Fsp3) is 0. The summed E-state index contributed by atoms with van der Waals surface area (Å²) in [6.07, 6.45) is 0. The standard InChI is InChI=1S/C52H32N4/c53-33-34-17-19-37(20-18-34)42-13-8-14-44(31-42)52-55-50(40-25-21-36(22-26-40)35-9-2-1-3-10-35)54-51(56-52)41-27-23-39(24-28-41)49-46-16-7-5-12-43(46)32-48-45-15-6-4-11-38(45)29-30-47(48)49/h1-32H. The fourth-order valence-electron chi connectivity index (χ4n) is 7.70. The van der Waals surface area contributed by atoms with E-state index in [-0.39, 0.29) is 0 Å². The maximum absolute atomic E-state index is 9.32. The topological polar surface area (TPSA) is 62.5 Å². The highest BCUT2D eigenvalue weighted by Gasteiger charge is 2.16. The van der Waals surface area contributed by atoms with E-state index in [9.17, 15) is 5.26 Å². The summed E-state index contributed by atoms with van der Waals surface area (Å²) in [5.74, 6) is 1.79. The number of nitrogens with zero attached hydrogens (tertiary/aromatic N) is 4. The fourth-order valence-corrected chi connectivity index (χ4v) is 7.70. The number of hydrogen-bond acceptors (Lipinski definition) is 4. The lowest BCUT2D eigenvalue weighted by atomic mass is 9.89. The molecule has 0 bridgehead atoms. The molecule has 0 unspecified atom stereocenters. The first-order valence-corrected chi connectivity index (χ1v) is 18.7. The van der Waals surface area contributed by atoms with E-state index < -0.39 is 0 Å². The van der Waals surface area contributed by atoms with Crippen LogP contribution in [0.1, 0.15) is 5.56 Å². The van der Waals surface area contributed by atoms with Crippen LogP contribution in [0.3, 0.4) is 0 Å². The summed E-state index contributed by atoms with van der Waals surface area (Å²) in [4.78, 5) is 15.2. The molecule has 10 rings (SSSR count). The molecule has 0 atom stereocenters. The molecule has 1 aromatic heterocycles. The zero-order valence-electron chi connectivity index (χ0n) is 30.3. The monoisotopic (exact) mass is 712 g/mol.